The van der Waals surface area contributed by atoms with Crippen LogP contribution < -0.4 is 0 Å². The fourth-order valence-corrected chi connectivity index (χ4v) is 5.16. The summed E-state index contributed by atoms with van der Waals surface area (Å²) >= 11 is 3.19. The molecule has 0 aromatic heterocycles. The number of carbonyl (C=O) groups excluding carboxylic acids is 1. The molecule has 0 unspecified atom stereocenters. The van der Waals surface area contributed by atoms with Crippen LogP contribution in [-0.2, 0) is 14.5 Å². The van der Waals surface area contributed by atoms with Crippen LogP contribution in [0.3, 0.4) is 0 Å². The van der Waals surface area contributed by atoms with Crippen LogP contribution in [0.15, 0.2) is 33.1 Å². The lowest BCUT2D eigenvalue weighted by Crippen LogP contribution is -2.44. The summed E-state index contributed by atoms with van der Waals surface area (Å²) in [5.41, 5.74) is 0.00899. The van der Waals surface area contributed by atoms with Gasteiger partial charge in [-0.05, 0) is 30.5 Å². The van der Waals surface area contributed by atoms with E-state index in [1.54, 1.807) is 0 Å². The molecule has 4 nitrogen and oxygen atoms in total. The number of benzene rings is 1. The summed E-state index contributed by atoms with van der Waals surface area (Å²) in [6, 6.07) is 3.75. The SMILES string of the molecule is CN=S1(=O)CCC(C(=O)N(C)[C@@H](c2ccc(Br)cc2)C(F)(F)F)CC1. The normalized spacial score (nSPS) is 25.3. The number of carbonyl (C=O) groups is 1. The molecule has 1 aromatic rings. The third-order valence-electron chi connectivity index (χ3n) is 4.48. The first-order chi connectivity index (χ1) is 11.6. The molecule has 1 aromatic carbocycles. The predicted molar refractivity (Wildman–Crippen MR) is 94.7 cm³/mol. The first-order valence-electron chi connectivity index (χ1n) is 7.77. The van der Waals surface area contributed by atoms with Gasteiger partial charge in [-0.2, -0.15) is 13.2 Å². The van der Waals surface area contributed by atoms with Gasteiger partial charge in [0.15, 0.2) is 6.04 Å². The molecule has 1 aliphatic rings. The average molecular weight is 441 g/mol. The Morgan fingerprint density at radius 2 is 1.80 bits per heavy atom. The smallest absolute Gasteiger partial charge is 0.330 e. The minimum absolute atomic E-state index is 0.00899. The van der Waals surface area contributed by atoms with E-state index in [4.69, 9.17) is 0 Å². The summed E-state index contributed by atoms with van der Waals surface area (Å²) in [4.78, 5) is 13.4. The number of nitrogens with zero attached hydrogens (tertiary/aromatic N) is 2. The number of amides is 1. The summed E-state index contributed by atoms with van der Waals surface area (Å²) < 4.78 is 57.5. The Morgan fingerprint density at radius 1 is 1.28 bits per heavy atom. The lowest BCUT2D eigenvalue weighted by atomic mass is 9.98. The van der Waals surface area contributed by atoms with Gasteiger partial charge >= 0.3 is 6.18 Å². The Kier molecular flexibility index (Phi) is 6.19. The molecule has 1 amide bonds. The summed E-state index contributed by atoms with van der Waals surface area (Å²) in [5.74, 6) is -0.616. The molecule has 1 aliphatic heterocycles. The number of halogens is 4. The molecule has 0 aliphatic carbocycles. The number of hydrogen-bond acceptors (Lipinski definition) is 3. The van der Waals surface area contributed by atoms with Crippen LogP contribution in [0.4, 0.5) is 13.2 Å². The fourth-order valence-electron chi connectivity index (χ4n) is 3.02. The van der Waals surface area contributed by atoms with Gasteiger partial charge in [0.05, 0.1) is 0 Å². The molecule has 2 rings (SSSR count). The molecule has 0 spiro atoms. The van der Waals surface area contributed by atoms with Crippen LogP contribution >= 0.6 is 15.9 Å². The van der Waals surface area contributed by atoms with Gasteiger partial charge in [-0.1, -0.05) is 28.1 Å². The van der Waals surface area contributed by atoms with Crippen LogP contribution in [0.5, 0.6) is 0 Å². The first-order valence-corrected chi connectivity index (χ1v) is 10.4. The van der Waals surface area contributed by atoms with Crippen molar-refractivity contribution in [2.24, 2.45) is 10.3 Å². The van der Waals surface area contributed by atoms with Crippen LogP contribution in [0.1, 0.15) is 24.4 Å². The highest BCUT2D eigenvalue weighted by Gasteiger charge is 2.46. The second kappa shape index (κ2) is 7.65. The van der Waals surface area contributed by atoms with Gasteiger partial charge in [-0.25, -0.2) is 8.57 Å². The van der Waals surface area contributed by atoms with Crippen LogP contribution in [-0.4, -0.2) is 46.8 Å². The summed E-state index contributed by atoms with van der Waals surface area (Å²) in [5, 5.41) is 0. The van der Waals surface area contributed by atoms with Crippen molar-refractivity contribution in [2.45, 2.75) is 25.1 Å². The Morgan fingerprint density at radius 3 is 2.24 bits per heavy atom. The molecule has 0 saturated carbocycles. The molecule has 0 bridgehead atoms. The largest absolute Gasteiger partial charge is 0.413 e. The molecule has 1 heterocycles. The zero-order valence-electron chi connectivity index (χ0n) is 13.9. The standard InChI is InChI=1S/C16H20BrF3N2O2S/c1-21-25(24)9-7-12(8-10-25)15(23)22(2)14(16(18,19)20)11-3-5-13(17)6-4-11/h3-6,12,14H,7-10H2,1-2H3/t12?,14-,25?/m0/s1. The van der Waals surface area contributed by atoms with Gasteiger partial charge in [0.2, 0.25) is 5.91 Å². The van der Waals surface area contributed by atoms with E-state index in [1.165, 1.54) is 38.4 Å². The lowest BCUT2D eigenvalue weighted by molar-refractivity contribution is -0.190. The molecule has 1 fully saturated rings. The van der Waals surface area contributed by atoms with Crippen molar-refractivity contribution in [3.05, 3.63) is 34.3 Å². The van der Waals surface area contributed by atoms with Gasteiger partial charge < -0.3 is 4.90 Å². The molecule has 1 saturated heterocycles. The molecular formula is C16H20BrF3N2O2S. The van der Waals surface area contributed by atoms with Crippen molar-refractivity contribution in [3.8, 4) is 0 Å². The van der Waals surface area contributed by atoms with Crippen molar-refractivity contribution in [1.29, 1.82) is 0 Å². The van der Waals surface area contributed by atoms with Gasteiger partial charge in [-0.15, -0.1) is 0 Å². The van der Waals surface area contributed by atoms with Crippen molar-refractivity contribution in [1.82, 2.24) is 4.90 Å². The maximum absolute atomic E-state index is 13.6. The minimum Gasteiger partial charge on any atom is -0.330 e. The molecule has 0 N–H and O–H groups in total. The summed E-state index contributed by atoms with van der Waals surface area (Å²) in [6.45, 7) is 0. The molecule has 9 heteroatoms. The number of alkyl halides is 3. The van der Waals surface area contributed by atoms with Crippen LogP contribution in [0.2, 0.25) is 0 Å². The molecule has 140 valence electrons. The molecule has 0 radical (unpaired) electrons. The van der Waals surface area contributed by atoms with E-state index in [0.29, 0.717) is 17.3 Å². The Hall–Kier alpha value is -1.09. The highest BCUT2D eigenvalue weighted by Crippen LogP contribution is 2.38. The maximum atomic E-state index is 13.6. The quantitative estimate of drug-likeness (QED) is 0.712. The topological polar surface area (TPSA) is 49.7 Å². The van der Waals surface area contributed by atoms with E-state index in [0.717, 1.165) is 4.90 Å². The van der Waals surface area contributed by atoms with E-state index in [9.17, 15) is 22.2 Å². The van der Waals surface area contributed by atoms with E-state index in [1.807, 2.05) is 0 Å². The van der Waals surface area contributed by atoms with Gasteiger partial charge in [0, 0.05) is 45.7 Å². The van der Waals surface area contributed by atoms with Crippen LogP contribution in [0.25, 0.3) is 0 Å². The summed E-state index contributed by atoms with van der Waals surface area (Å²) in [7, 11) is 0.356. The fraction of sp³-hybridized carbons (Fsp3) is 0.562. The van der Waals surface area contributed by atoms with Crippen molar-refractivity contribution in [3.63, 3.8) is 0 Å². The number of rotatable bonds is 3. The molecule has 1 atom stereocenters. The van der Waals surface area contributed by atoms with Crippen LogP contribution in [0, 0.1) is 5.92 Å². The average Bonchev–Trinajstić information content (AvgIpc) is 2.55. The van der Waals surface area contributed by atoms with Gasteiger partial charge in [-0.3, -0.25) is 4.79 Å². The maximum Gasteiger partial charge on any atom is 0.413 e. The van der Waals surface area contributed by atoms with E-state index in [-0.39, 0.29) is 17.1 Å². The minimum atomic E-state index is -4.58. The van der Waals surface area contributed by atoms with E-state index < -0.39 is 33.8 Å². The second-order valence-electron chi connectivity index (χ2n) is 6.08. The molecule has 25 heavy (non-hydrogen) atoms. The second-order valence-corrected chi connectivity index (χ2v) is 9.72. The first kappa shape index (κ1) is 20.2. The Bertz CT molecular complexity index is 729. The van der Waals surface area contributed by atoms with E-state index >= 15 is 0 Å². The molecular weight excluding hydrogens is 421 g/mol. The third-order valence-corrected chi connectivity index (χ3v) is 7.42. The zero-order valence-corrected chi connectivity index (χ0v) is 16.3. The highest BCUT2D eigenvalue weighted by atomic mass is 79.9. The zero-order chi connectivity index (χ0) is 18.8. The predicted octanol–water partition coefficient (Wildman–Crippen LogP) is 4.02. The van der Waals surface area contributed by atoms with Crippen molar-refractivity contribution >= 4 is 31.6 Å². The van der Waals surface area contributed by atoms with E-state index in [2.05, 4.69) is 20.3 Å². The van der Waals surface area contributed by atoms with Gasteiger partial charge in [0.1, 0.15) is 0 Å². The Labute approximate surface area is 154 Å². The van der Waals surface area contributed by atoms with Crippen molar-refractivity contribution < 1.29 is 22.2 Å². The Balaban J connectivity index is 2.22. The monoisotopic (exact) mass is 440 g/mol. The van der Waals surface area contributed by atoms with Gasteiger partial charge in [0.25, 0.3) is 0 Å². The summed E-state index contributed by atoms with van der Waals surface area (Å²) in [6.07, 6.45) is -3.99. The highest BCUT2D eigenvalue weighted by molar-refractivity contribution is 9.10. The van der Waals surface area contributed by atoms with Crippen molar-refractivity contribution in [2.75, 3.05) is 25.6 Å². The third kappa shape index (κ3) is 4.75. The number of hydrogen-bond donors (Lipinski definition) is 0. The lowest BCUT2D eigenvalue weighted by Gasteiger charge is -2.34.